The van der Waals surface area contributed by atoms with Gasteiger partial charge in [-0.1, -0.05) is 34.8 Å². The highest BCUT2D eigenvalue weighted by atomic mass is 35.6. The highest BCUT2D eigenvalue weighted by Crippen LogP contribution is 2.42. The van der Waals surface area contributed by atoms with Crippen molar-refractivity contribution in [2.24, 2.45) is 0 Å². The smallest absolute Gasteiger partial charge is 0.241 e. The van der Waals surface area contributed by atoms with E-state index in [4.69, 9.17) is 54.1 Å². The number of alkyl halides is 3. The van der Waals surface area contributed by atoms with Gasteiger partial charge < -0.3 is 29.5 Å². The lowest BCUT2D eigenvalue weighted by Gasteiger charge is -2.24. The molecule has 0 radical (unpaired) electrons. The molecule has 0 spiro atoms. The van der Waals surface area contributed by atoms with E-state index in [1.807, 2.05) is 0 Å². The Morgan fingerprint density at radius 1 is 1.18 bits per heavy atom. The Morgan fingerprint density at radius 3 is 2.29 bits per heavy atom. The van der Waals surface area contributed by atoms with Crippen molar-refractivity contribution in [2.45, 2.75) is 40.8 Å². The molecule has 2 fully saturated rings. The number of halogens is 3. The molecule has 0 aromatic rings. The van der Waals surface area contributed by atoms with Crippen molar-refractivity contribution in [1.82, 2.24) is 0 Å². The summed E-state index contributed by atoms with van der Waals surface area (Å²) in [5.41, 5.74) is 0. The van der Waals surface area contributed by atoms with E-state index in [0.29, 0.717) is 0 Å². The lowest BCUT2D eigenvalue weighted by atomic mass is 10.1. The van der Waals surface area contributed by atoms with Crippen LogP contribution in [0.5, 0.6) is 0 Å². The second-order valence-corrected chi connectivity index (χ2v) is 6.19. The molecule has 0 aromatic carbocycles. The van der Waals surface area contributed by atoms with Crippen molar-refractivity contribution in [3.63, 3.8) is 0 Å². The van der Waals surface area contributed by atoms with Crippen molar-refractivity contribution in [2.75, 3.05) is 6.61 Å². The molecular formula is C8H11Cl3O6. The Labute approximate surface area is 112 Å². The van der Waals surface area contributed by atoms with Gasteiger partial charge in [-0.2, -0.15) is 0 Å². The number of hydrogen-bond acceptors (Lipinski definition) is 6. The molecule has 9 heteroatoms. The van der Waals surface area contributed by atoms with Crippen molar-refractivity contribution >= 4 is 34.8 Å². The third-order valence-corrected chi connectivity index (χ3v) is 3.14. The van der Waals surface area contributed by atoms with Crippen molar-refractivity contribution in [3.05, 3.63) is 0 Å². The summed E-state index contributed by atoms with van der Waals surface area (Å²) in [7, 11) is 0. The Hall–Kier alpha value is 0.630. The van der Waals surface area contributed by atoms with Crippen LogP contribution in [-0.4, -0.2) is 62.7 Å². The molecule has 6 atom stereocenters. The van der Waals surface area contributed by atoms with Crippen molar-refractivity contribution in [3.8, 4) is 0 Å². The van der Waals surface area contributed by atoms with Crippen LogP contribution >= 0.6 is 34.8 Å². The lowest BCUT2D eigenvalue weighted by Crippen LogP contribution is -2.42. The molecule has 3 N–H and O–H groups in total. The molecule has 0 aromatic heterocycles. The number of aliphatic hydroxyl groups is 3. The number of aliphatic hydroxyl groups excluding tert-OH is 3. The zero-order valence-corrected chi connectivity index (χ0v) is 10.6. The third kappa shape index (κ3) is 2.65. The van der Waals surface area contributed by atoms with Crippen LogP contribution in [0.2, 0.25) is 0 Å². The van der Waals surface area contributed by atoms with Gasteiger partial charge in [-0.25, -0.2) is 0 Å². The predicted octanol–water partition coefficient (Wildman–Crippen LogP) is -0.463. The molecule has 100 valence electrons. The minimum absolute atomic E-state index is 0.547. The molecular weight excluding hydrogens is 298 g/mol. The topological polar surface area (TPSA) is 88.4 Å². The highest BCUT2D eigenvalue weighted by Gasteiger charge is 2.57. The van der Waals surface area contributed by atoms with Crippen LogP contribution in [0.15, 0.2) is 0 Å². The fraction of sp³-hybridized carbons (Fsp3) is 1.00. The summed E-state index contributed by atoms with van der Waals surface area (Å²) in [5, 5.41) is 28.0. The van der Waals surface area contributed by atoms with Crippen LogP contribution in [-0.2, 0) is 14.2 Å². The number of fused-ring (bicyclic) bond motifs is 1. The van der Waals surface area contributed by atoms with Gasteiger partial charge in [0.25, 0.3) is 0 Å². The normalized spacial score (nSPS) is 43.8. The number of hydrogen-bond donors (Lipinski definition) is 3. The highest BCUT2D eigenvalue weighted by molar-refractivity contribution is 6.67. The third-order valence-electron chi connectivity index (χ3n) is 2.60. The van der Waals surface area contributed by atoms with Gasteiger partial charge in [0.1, 0.15) is 24.4 Å². The van der Waals surface area contributed by atoms with Gasteiger partial charge in [0.05, 0.1) is 6.61 Å². The van der Waals surface area contributed by atoms with Gasteiger partial charge >= 0.3 is 0 Å². The predicted molar refractivity (Wildman–Crippen MR) is 57.8 cm³/mol. The van der Waals surface area contributed by atoms with E-state index in [1.165, 1.54) is 0 Å². The molecule has 0 aliphatic carbocycles. The number of ether oxygens (including phenoxy) is 3. The van der Waals surface area contributed by atoms with E-state index in [0.717, 1.165) is 0 Å². The van der Waals surface area contributed by atoms with Crippen LogP contribution in [0.4, 0.5) is 0 Å². The molecule has 0 saturated carbocycles. The Bertz CT molecular complexity index is 285. The summed E-state index contributed by atoms with van der Waals surface area (Å²) in [6, 6.07) is 0. The summed E-state index contributed by atoms with van der Waals surface area (Å²) < 4.78 is 13.8. The maximum absolute atomic E-state index is 9.81. The first-order valence-corrected chi connectivity index (χ1v) is 5.98. The maximum Gasteiger partial charge on any atom is 0.241 e. The van der Waals surface area contributed by atoms with Gasteiger partial charge in [0, 0.05) is 0 Å². The first kappa shape index (κ1) is 14.0. The quantitative estimate of drug-likeness (QED) is 0.598. The second kappa shape index (κ2) is 4.96. The van der Waals surface area contributed by atoms with E-state index in [2.05, 4.69) is 0 Å². The zero-order chi connectivity index (χ0) is 12.8. The fourth-order valence-corrected chi connectivity index (χ4v) is 2.10. The molecule has 2 aliphatic heterocycles. The summed E-state index contributed by atoms with van der Waals surface area (Å²) in [4.78, 5) is 0. The van der Waals surface area contributed by atoms with Crippen molar-refractivity contribution in [1.29, 1.82) is 0 Å². The van der Waals surface area contributed by atoms with Crippen LogP contribution in [0.1, 0.15) is 0 Å². The summed E-state index contributed by atoms with van der Waals surface area (Å²) in [6.07, 6.45) is -6.33. The maximum atomic E-state index is 9.81. The molecule has 0 unspecified atom stereocenters. The molecule has 2 saturated heterocycles. The van der Waals surface area contributed by atoms with Crippen LogP contribution < -0.4 is 0 Å². The molecule has 0 bridgehead atoms. The van der Waals surface area contributed by atoms with E-state index in [1.54, 1.807) is 0 Å². The molecule has 0 amide bonds. The standard InChI is InChI=1S/C8H11Cl3O6/c9-8(10,11)7-16-5-3(14)4(2(13)1-12)15-6(5)17-7/h2-7,12-14H,1H2/t2-,3-,4+,5+,6-,7+/m0/s1. The molecule has 17 heavy (non-hydrogen) atoms. The van der Waals surface area contributed by atoms with Gasteiger partial charge in [-0.3, -0.25) is 0 Å². The van der Waals surface area contributed by atoms with Gasteiger partial charge in [-0.15, -0.1) is 0 Å². The average molecular weight is 310 g/mol. The minimum Gasteiger partial charge on any atom is -0.394 e. The first-order valence-electron chi connectivity index (χ1n) is 4.84. The largest absolute Gasteiger partial charge is 0.394 e. The van der Waals surface area contributed by atoms with Crippen LogP contribution in [0, 0.1) is 0 Å². The summed E-state index contributed by atoms with van der Waals surface area (Å²) in [5.74, 6) is 0. The molecule has 2 heterocycles. The summed E-state index contributed by atoms with van der Waals surface area (Å²) in [6.45, 7) is -0.547. The molecule has 6 nitrogen and oxygen atoms in total. The van der Waals surface area contributed by atoms with E-state index < -0.39 is 47.4 Å². The minimum atomic E-state index is -1.79. The van der Waals surface area contributed by atoms with E-state index in [9.17, 15) is 10.2 Å². The fourth-order valence-electron chi connectivity index (χ4n) is 1.79. The zero-order valence-electron chi connectivity index (χ0n) is 8.37. The first-order chi connectivity index (χ1) is 7.84. The summed E-state index contributed by atoms with van der Waals surface area (Å²) >= 11 is 16.7. The van der Waals surface area contributed by atoms with Crippen LogP contribution in [0.3, 0.4) is 0 Å². The second-order valence-electron chi connectivity index (χ2n) is 3.82. The SMILES string of the molecule is OC[C@H](O)[C@H]1O[C@H]2O[C@H](C(Cl)(Cl)Cl)O[C@@H]2[C@H]1O. The lowest BCUT2D eigenvalue weighted by molar-refractivity contribution is -0.188. The molecule has 2 aliphatic rings. The van der Waals surface area contributed by atoms with E-state index >= 15 is 0 Å². The van der Waals surface area contributed by atoms with Crippen LogP contribution in [0.25, 0.3) is 0 Å². The monoisotopic (exact) mass is 308 g/mol. The van der Waals surface area contributed by atoms with E-state index in [-0.39, 0.29) is 0 Å². The Morgan fingerprint density at radius 2 is 1.82 bits per heavy atom. The Balaban J connectivity index is 2.01. The van der Waals surface area contributed by atoms with Gasteiger partial charge in [0.15, 0.2) is 6.29 Å². The average Bonchev–Trinajstić information content (AvgIpc) is 2.77. The van der Waals surface area contributed by atoms with Crippen molar-refractivity contribution < 1.29 is 29.5 Å². The number of rotatable bonds is 2. The Kier molecular flexibility index (Phi) is 4.10. The van der Waals surface area contributed by atoms with Gasteiger partial charge in [0.2, 0.25) is 10.1 Å². The molecule has 2 rings (SSSR count). The van der Waals surface area contributed by atoms with Gasteiger partial charge in [-0.05, 0) is 0 Å².